The van der Waals surface area contributed by atoms with Crippen LogP contribution in [0.25, 0.3) is 0 Å². The van der Waals surface area contributed by atoms with Crippen molar-refractivity contribution in [2.45, 2.75) is 48.0 Å². The van der Waals surface area contributed by atoms with E-state index < -0.39 is 0 Å². The lowest BCUT2D eigenvalue weighted by atomic mass is 10.0. The molecular formula is C18H28N2O2. The second kappa shape index (κ2) is 7.97. The molecule has 1 aromatic carbocycles. The minimum atomic E-state index is -0.00633. The zero-order chi connectivity index (χ0) is 16.9. The molecule has 0 unspecified atom stereocenters. The van der Waals surface area contributed by atoms with Crippen LogP contribution in [0.3, 0.4) is 0 Å². The molecule has 1 aromatic rings. The van der Waals surface area contributed by atoms with E-state index in [-0.39, 0.29) is 11.8 Å². The fourth-order valence-corrected chi connectivity index (χ4v) is 2.77. The highest BCUT2D eigenvalue weighted by Crippen LogP contribution is 2.26. The Balaban J connectivity index is 2.80. The number of carbonyl (C=O) groups excluding carboxylic acids is 2. The van der Waals surface area contributed by atoms with Crippen LogP contribution >= 0.6 is 0 Å². The second-order valence-corrected chi connectivity index (χ2v) is 6.37. The van der Waals surface area contributed by atoms with E-state index in [2.05, 4.69) is 17.4 Å². The smallest absolute Gasteiger partial charge is 0.223 e. The van der Waals surface area contributed by atoms with Crippen LogP contribution < -0.4 is 10.2 Å². The van der Waals surface area contributed by atoms with Crippen molar-refractivity contribution in [1.29, 1.82) is 0 Å². The number of nitrogens with one attached hydrogen (secondary N) is 1. The highest BCUT2D eigenvalue weighted by molar-refractivity contribution is 5.93. The molecule has 0 aromatic heterocycles. The van der Waals surface area contributed by atoms with Crippen molar-refractivity contribution in [1.82, 2.24) is 5.32 Å². The van der Waals surface area contributed by atoms with Gasteiger partial charge in [0.1, 0.15) is 0 Å². The number of benzene rings is 1. The standard InChI is InChI=1S/C18H28N2O2/c1-12(2)9-17(22)19-7-8-20(16(6)21)18-14(4)10-13(3)11-15(18)5/h10-12H,7-9H2,1-6H3,(H,19,22). The predicted molar refractivity (Wildman–Crippen MR) is 91.1 cm³/mol. The highest BCUT2D eigenvalue weighted by Gasteiger charge is 2.16. The summed E-state index contributed by atoms with van der Waals surface area (Å²) in [6, 6.07) is 4.16. The van der Waals surface area contributed by atoms with Crippen LogP contribution in [0.5, 0.6) is 0 Å². The Kier molecular flexibility index (Phi) is 6.60. The average Bonchev–Trinajstić information content (AvgIpc) is 2.34. The fourth-order valence-electron chi connectivity index (χ4n) is 2.77. The number of rotatable bonds is 6. The summed E-state index contributed by atoms with van der Waals surface area (Å²) in [5.41, 5.74) is 4.31. The molecule has 0 aliphatic carbocycles. The molecule has 0 aliphatic heterocycles. The first-order chi connectivity index (χ1) is 10.2. The van der Waals surface area contributed by atoms with E-state index in [4.69, 9.17) is 0 Å². The van der Waals surface area contributed by atoms with Gasteiger partial charge in [0.15, 0.2) is 0 Å². The SMILES string of the molecule is CC(=O)N(CCNC(=O)CC(C)C)c1c(C)cc(C)cc1C. The summed E-state index contributed by atoms with van der Waals surface area (Å²) < 4.78 is 0. The zero-order valence-electron chi connectivity index (χ0n) is 14.6. The molecule has 0 fully saturated rings. The van der Waals surface area contributed by atoms with Crippen molar-refractivity contribution in [2.75, 3.05) is 18.0 Å². The monoisotopic (exact) mass is 304 g/mol. The van der Waals surface area contributed by atoms with Crippen LogP contribution in [-0.2, 0) is 9.59 Å². The fraction of sp³-hybridized carbons (Fsp3) is 0.556. The van der Waals surface area contributed by atoms with Crippen molar-refractivity contribution < 1.29 is 9.59 Å². The average molecular weight is 304 g/mol. The molecule has 0 saturated heterocycles. The molecule has 0 aliphatic rings. The van der Waals surface area contributed by atoms with Gasteiger partial charge < -0.3 is 10.2 Å². The van der Waals surface area contributed by atoms with E-state index in [9.17, 15) is 9.59 Å². The van der Waals surface area contributed by atoms with Gasteiger partial charge in [0.05, 0.1) is 0 Å². The number of anilines is 1. The summed E-state index contributed by atoms with van der Waals surface area (Å²) >= 11 is 0. The van der Waals surface area contributed by atoms with Gasteiger partial charge >= 0.3 is 0 Å². The first-order valence-electron chi connectivity index (χ1n) is 7.85. The molecule has 2 amide bonds. The number of hydrogen-bond donors (Lipinski definition) is 1. The maximum absolute atomic E-state index is 12.0. The molecule has 0 saturated carbocycles. The van der Waals surface area contributed by atoms with Crippen molar-refractivity contribution >= 4 is 17.5 Å². The van der Waals surface area contributed by atoms with Crippen LogP contribution in [-0.4, -0.2) is 24.9 Å². The van der Waals surface area contributed by atoms with Crippen LogP contribution in [0, 0.1) is 26.7 Å². The molecule has 1 rings (SSSR count). The topological polar surface area (TPSA) is 49.4 Å². The number of aryl methyl sites for hydroxylation is 3. The summed E-state index contributed by atoms with van der Waals surface area (Å²) in [6.07, 6.45) is 0.517. The van der Waals surface area contributed by atoms with E-state index in [0.717, 1.165) is 16.8 Å². The Hall–Kier alpha value is -1.84. The molecule has 22 heavy (non-hydrogen) atoms. The quantitative estimate of drug-likeness (QED) is 0.878. The Labute approximate surface area is 133 Å². The summed E-state index contributed by atoms with van der Waals surface area (Å²) in [5.74, 6) is 0.370. The Morgan fingerprint density at radius 3 is 2.14 bits per heavy atom. The largest absolute Gasteiger partial charge is 0.354 e. The zero-order valence-corrected chi connectivity index (χ0v) is 14.6. The van der Waals surface area contributed by atoms with E-state index in [1.807, 2.05) is 34.6 Å². The van der Waals surface area contributed by atoms with Gasteiger partial charge in [-0.3, -0.25) is 9.59 Å². The molecule has 0 spiro atoms. The van der Waals surface area contributed by atoms with E-state index in [1.54, 1.807) is 11.8 Å². The molecule has 0 heterocycles. The van der Waals surface area contributed by atoms with Gasteiger partial charge in [-0.25, -0.2) is 0 Å². The van der Waals surface area contributed by atoms with Crippen molar-refractivity contribution in [2.24, 2.45) is 5.92 Å². The number of amides is 2. The van der Waals surface area contributed by atoms with Crippen molar-refractivity contribution in [3.8, 4) is 0 Å². The molecular weight excluding hydrogens is 276 g/mol. The maximum Gasteiger partial charge on any atom is 0.223 e. The summed E-state index contributed by atoms with van der Waals surface area (Å²) in [6.45, 7) is 12.6. The second-order valence-electron chi connectivity index (χ2n) is 6.37. The van der Waals surface area contributed by atoms with E-state index in [1.165, 1.54) is 5.56 Å². The van der Waals surface area contributed by atoms with E-state index >= 15 is 0 Å². The van der Waals surface area contributed by atoms with Crippen molar-refractivity contribution in [3.63, 3.8) is 0 Å². The molecule has 4 heteroatoms. The molecule has 0 atom stereocenters. The Bertz CT molecular complexity index is 527. The van der Waals surface area contributed by atoms with Crippen LogP contribution in [0.2, 0.25) is 0 Å². The third-order valence-electron chi connectivity index (χ3n) is 3.54. The molecule has 122 valence electrons. The molecule has 1 N–H and O–H groups in total. The first kappa shape index (κ1) is 18.2. The third kappa shape index (κ3) is 5.17. The van der Waals surface area contributed by atoms with Gasteiger partial charge in [-0.1, -0.05) is 31.5 Å². The van der Waals surface area contributed by atoms with Gasteiger partial charge in [-0.2, -0.15) is 0 Å². The molecule has 0 bridgehead atoms. The Morgan fingerprint density at radius 1 is 1.14 bits per heavy atom. The van der Waals surface area contributed by atoms with Crippen LogP contribution in [0.1, 0.15) is 43.9 Å². The van der Waals surface area contributed by atoms with Crippen LogP contribution in [0.15, 0.2) is 12.1 Å². The van der Waals surface area contributed by atoms with Gasteiger partial charge in [0, 0.05) is 32.1 Å². The summed E-state index contributed by atoms with van der Waals surface area (Å²) in [7, 11) is 0. The third-order valence-corrected chi connectivity index (χ3v) is 3.54. The first-order valence-corrected chi connectivity index (χ1v) is 7.85. The van der Waals surface area contributed by atoms with Gasteiger partial charge in [-0.05, 0) is 37.8 Å². The normalized spacial score (nSPS) is 10.7. The number of nitrogens with zero attached hydrogens (tertiary/aromatic N) is 1. The summed E-state index contributed by atoms with van der Waals surface area (Å²) in [4.78, 5) is 25.5. The number of carbonyl (C=O) groups is 2. The lowest BCUT2D eigenvalue weighted by Gasteiger charge is -2.25. The molecule has 0 radical (unpaired) electrons. The summed E-state index contributed by atoms with van der Waals surface area (Å²) in [5, 5.41) is 2.89. The lowest BCUT2D eigenvalue weighted by molar-refractivity contribution is -0.122. The van der Waals surface area contributed by atoms with Crippen molar-refractivity contribution in [3.05, 3.63) is 28.8 Å². The minimum absolute atomic E-state index is 0.00633. The van der Waals surface area contributed by atoms with Gasteiger partial charge in [0.2, 0.25) is 11.8 Å². The van der Waals surface area contributed by atoms with Crippen LogP contribution in [0.4, 0.5) is 5.69 Å². The maximum atomic E-state index is 12.0. The van der Waals surface area contributed by atoms with Gasteiger partial charge in [-0.15, -0.1) is 0 Å². The van der Waals surface area contributed by atoms with E-state index in [0.29, 0.717) is 25.4 Å². The number of hydrogen-bond acceptors (Lipinski definition) is 2. The van der Waals surface area contributed by atoms with Gasteiger partial charge in [0.25, 0.3) is 0 Å². The molecule has 4 nitrogen and oxygen atoms in total. The lowest BCUT2D eigenvalue weighted by Crippen LogP contribution is -2.38. The minimum Gasteiger partial charge on any atom is -0.354 e. The predicted octanol–water partition coefficient (Wildman–Crippen LogP) is 3.13. The highest BCUT2D eigenvalue weighted by atomic mass is 16.2. The Morgan fingerprint density at radius 2 is 1.68 bits per heavy atom.